The van der Waals surface area contributed by atoms with Crippen molar-refractivity contribution in [3.8, 4) is 17.0 Å². The molecular weight excluding hydrogens is 258 g/mol. The summed E-state index contributed by atoms with van der Waals surface area (Å²) in [5.41, 5.74) is 6.45. The van der Waals surface area contributed by atoms with Gasteiger partial charge in [-0.25, -0.2) is 4.98 Å². The number of anilines is 1. The lowest BCUT2D eigenvalue weighted by Crippen LogP contribution is -1.99. The van der Waals surface area contributed by atoms with E-state index in [4.69, 9.17) is 10.5 Å². The largest absolute Gasteiger partial charge is 0.490 e. The van der Waals surface area contributed by atoms with E-state index in [2.05, 4.69) is 4.98 Å². The summed E-state index contributed by atoms with van der Waals surface area (Å²) in [6.07, 6.45) is 2.39. The van der Waals surface area contributed by atoms with Crippen LogP contribution in [0.25, 0.3) is 11.3 Å². The summed E-state index contributed by atoms with van der Waals surface area (Å²) in [5, 5.41) is 11.1. The Balaban J connectivity index is 2.02. The van der Waals surface area contributed by atoms with Gasteiger partial charge in [-0.1, -0.05) is 12.1 Å². The van der Waals surface area contributed by atoms with Crippen molar-refractivity contribution in [3.05, 3.63) is 46.5 Å². The van der Waals surface area contributed by atoms with Gasteiger partial charge in [-0.15, -0.1) is 0 Å². The predicted molar refractivity (Wildman–Crippen MR) is 74.4 cm³/mol. The summed E-state index contributed by atoms with van der Waals surface area (Å²) in [6.45, 7) is 0. The van der Waals surface area contributed by atoms with Crippen molar-refractivity contribution in [2.24, 2.45) is 0 Å². The Labute approximate surface area is 115 Å². The minimum atomic E-state index is -0.462. The van der Waals surface area contributed by atoms with E-state index in [0.717, 1.165) is 12.8 Å². The number of hydrogen-bond acceptors (Lipinski definition) is 5. The van der Waals surface area contributed by atoms with E-state index in [1.54, 1.807) is 18.2 Å². The number of ether oxygens (including phenoxy) is 1. The summed E-state index contributed by atoms with van der Waals surface area (Å²) in [7, 11) is 0. The molecule has 1 heterocycles. The first-order valence-electron chi connectivity index (χ1n) is 6.31. The highest BCUT2D eigenvalue weighted by Gasteiger charge is 2.24. The monoisotopic (exact) mass is 271 g/mol. The van der Waals surface area contributed by atoms with Gasteiger partial charge in [-0.05, 0) is 31.0 Å². The molecule has 3 rings (SSSR count). The molecule has 0 aliphatic heterocycles. The van der Waals surface area contributed by atoms with Crippen molar-refractivity contribution in [2.75, 3.05) is 5.73 Å². The number of nitro groups is 1. The van der Waals surface area contributed by atoms with E-state index in [9.17, 15) is 10.1 Å². The average molecular weight is 271 g/mol. The molecule has 1 aliphatic rings. The van der Waals surface area contributed by atoms with Crippen molar-refractivity contribution in [1.29, 1.82) is 0 Å². The van der Waals surface area contributed by atoms with Crippen LogP contribution in [0.1, 0.15) is 12.8 Å². The number of hydrogen-bond donors (Lipinski definition) is 1. The second-order valence-corrected chi connectivity index (χ2v) is 4.71. The van der Waals surface area contributed by atoms with Crippen LogP contribution in [-0.4, -0.2) is 16.0 Å². The van der Waals surface area contributed by atoms with E-state index in [1.165, 1.54) is 12.1 Å². The number of nitrogens with zero attached hydrogens (tertiary/aromatic N) is 2. The maximum atomic E-state index is 11.1. The van der Waals surface area contributed by atoms with Crippen LogP contribution in [0.15, 0.2) is 36.4 Å². The van der Waals surface area contributed by atoms with E-state index in [0.29, 0.717) is 11.3 Å². The highest BCUT2D eigenvalue weighted by molar-refractivity contribution is 5.72. The molecule has 20 heavy (non-hydrogen) atoms. The normalized spacial score (nSPS) is 14.0. The molecule has 1 aromatic heterocycles. The van der Waals surface area contributed by atoms with Crippen LogP contribution in [-0.2, 0) is 0 Å². The minimum absolute atomic E-state index is 0.0669. The topological polar surface area (TPSA) is 91.3 Å². The van der Waals surface area contributed by atoms with Gasteiger partial charge in [0.2, 0.25) is 0 Å². The lowest BCUT2D eigenvalue weighted by atomic mass is 10.1. The van der Waals surface area contributed by atoms with Gasteiger partial charge in [0.15, 0.2) is 5.69 Å². The zero-order chi connectivity index (χ0) is 14.1. The third-order valence-electron chi connectivity index (χ3n) is 3.03. The number of nitrogen functional groups attached to an aromatic ring is 1. The van der Waals surface area contributed by atoms with E-state index >= 15 is 0 Å². The number of pyridine rings is 1. The number of aromatic nitrogens is 1. The third-order valence-corrected chi connectivity index (χ3v) is 3.03. The Morgan fingerprint density at radius 2 is 2.10 bits per heavy atom. The summed E-state index contributed by atoms with van der Waals surface area (Å²) >= 11 is 0. The standard InChI is InChI=1S/C14H13N3O3/c15-13-7-6-12(17(18)19)14(16-13)9-2-1-3-11(8-9)20-10-4-5-10/h1-3,6-8,10H,4-5H2,(H2,15,16). The Morgan fingerprint density at radius 1 is 1.30 bits per heavy atom. The Hall–Kier alpha value is -2.63. The lowest BCUT2D eigenvalue weighted by Gasteiger charge is -2.07. The summed E-state index contributed by atoms with van der Waals surface area (Å²) < 4.78 is 5.69. The third kappa shape index (κ3) is 2.54. The molecule has 2 aromatic rings. The molecule has 0 bridgehead atoms. The van der Waals surface area contributed by atoms with E-state index < -0.39 is 4.92 Å². The zero-order valence-corrected chi connectivity index (χ0v) is 10.7. The number of nitrogens with two attached hydrogens (primary N) is 1. The van der Waals surface area contributed by atoms with Gasteiger partial charge in [-0.2, -0.15) is 0 Å². The fraction of sp³-hybridized carbons (Fsp3) is 0.214. The first-order valence-corrected chi connectivity index (χ1v) is 6.31. The molecule has 6 heteroatoms. The molecule has 0 radical (unpaired) electrons. The zero-order valence-electron chi connectivity index (χ0n) is 10.7. The first-order chi connectivity index (χ1) is 9.63. The summed E-state index contributed by atoms with van der Waals surface area (Å²) in [6, 6.07) is 9.93. The molecular formula is C14H13N3O3. The van der Waals surface area contributed by atoms with Crippen LogP contribution in [0.4, 0.5) is 11.5 Å². The van der Waals surface area contributed by atoms with Gasteiger partial charge in [0.05, 0.1) is 11.0 Å². The second-order valence-electron chi connectivity index (χ2n) is 4.71. The lowest BCUT2D eigenvalue weighted by molar-refractivity contribution is -0.384. The average Bonchev–Trinajstić information content (AvgIpc) is 3.22. The first kappa shape index (κ1) is 12.4. The second kappa shape index (κ2) is 4.80. The molecule has 0 spiro atoms. The van der Waals surface area contributed by atoms with Crippen LogP contribution >= 0.6 is 0 Å². The fourth-order valence-corrected chi connectivity index (χ4v) is 1.92. The molecule has 1 aliphatic carbocycles. The molecule has 0 amide bonds. The van der Waals surface area contributed by atoms with Gasteiger partial charge in [0.25, 0.3) is 5.69 Å². The van der Waals surface area contributed by atoms with Crippen LogP contribution in [0.3, 0.4) is 0 Å². The molecule has 2 N–H and O–H groups in total. The van der Waals surface area contributed by atoms with Crippen LogP contribution in [0, 0.1) is 10.1 Å². The molecule has 0 saturated heterocycles. The molecule has 1 fully saturated rings. The number of rotatable bonds is 4. The SMILES string of the molecule is Nc1ccc([N+](=O)[O-])c(-c2cccc(OC3CC3)c2)n1. The Bertz CT molecular complexity index is 668. The highest BCUT2D eigenvalue weighted by atomic mass is 16.6. The molecule has 1 saturated carbocycles. The van der Waals surface area contributed by atoms with E-state index in [1.807, 2.05) is 6.07 Å². The molecule has 102 valence electrons. The van der Waals surface area contributed by atoms with Gasteiger partial charge in [0.1, 0.15) is 11.6 Å². The molecule has 1 aromatic carbocycles. The van der Waals surface area contributed by atoms with E-state index in [-0.39, 0.29) is 23.3 Å². The highest BCUT2D eigenvalue weighted by Crippen LogP contribution is 2.33. The molecule has 6 nitrogen and oxygen atoms in total. The van der Waals surface area contributed by atoms with Crippen LogP contribution in [0.5, 0.6) is 5.75 Å². The maximum Gasteiger partial charge on any atom is 0.295 e. The molecule has 0 unspecified atom stereocenters. The Morgan fingerprint density at radius 3 is 2.80 bits per heavy atom. The summed E-state index contributed by atoms with van der Waals surface area (Å²) in [4.78, 5) is 14.7. The predicted octanol–water partition coefficient (Wildman–Crippen LogP) is 2.78. The van der Waals surface area contributed by atoms with Gasteiger partial charge in [-0.3, -0.25) is 10.1 Å². The molecule has 0 atom stereocenters. The van der Waals surface area contributed by atoms with Crippen LogP contribution < -0.4 is 10.5 Å². The number of benzene rings is 1. The van der Waals surface area contributed by atoms with Crippen molar-refractivity contribution in [1.82, 2.24) is 4.98 Å². The van der Waals surface area contributed by atoms with Gasteiger partial charge >= 0.3 is 0 Å². The summed E-state index contributed by atoms with van der Waals surface area (Å²) in [5.74, 6) is 0.947. The Kier molecular flexibility index (Phi) is 2.98. The smallest absolute Gasteiger partial charge is 0.295 e. The van der Waals surface area contributed by atoms with Gasteiger partial charge in [0, 0.05) is 11.6 Å². The van der Waals surface area contributed by atoms with Crippen molar-refractivity contribution < 1.29 is 9.66 Å². The van der Waals surface area contributed by atoms with Crippen molar-refractivity contribution in [2.45, 2.75) is 18.9 Å². The van der Waals surface area contributed by atoms with Crippen LogP contribution in [0.2, 0.25) is 0 Å². The van der Waals surface area contributed by atoms with Crippen molar-refractivity contribution in [3.63, 3.8) is 0 Å². The maximum absolute atomic E-state index is 11.1. The minimum Gasteiger partial charge on any atom is -0.490 e. The van der Waals surface area contributed by atoms with Crippen molar-refractivity contribution >= 4 is 11.5 Å². The van der Waals surface area contributed by atoms with Gasteiger partial charge < -0.3 is 10.5 Å². The quantitative estimate of drug-likeness (QED) is 0.682. The fourth-order valence-electron chi connectivity index (χ4n) is 1.92.